The Morgan fingerprint density at radius 2 is 2.04 bits per heavy atom. The average molecular weight is 379 g/mol. The Hall–Kier alpha value is -1.99. The molecule has 0 saturated carbocycles. The number of carbonyl (C=O) groups is 1. The molecule has 0 aliphatic carbocycles. The van der Waals surface area contributed by atoms with E-state index in [1.165, 1.54) is 12.4 Å². The number of ether oxygens (including phenoxy) is 1. The van der Waals surface area contributed by atoms with Crippen LogP contribution >= 0.6 is 15.9 Å². The molecule has 0 aliphatic heterocycles. The first kappa shape index (κ1) is 17.4. The highest BCUT2D eigenvalue weighted by molar-refractivity contribution is 9.10. The third kappa shape index (κ3) is 5.30. The van der Waals surface area contributed by atoms with E-state index in [0.717, 1.165) is 22.1 Å². The van der Waals surface area contributed by atoms with Crippen molar-refractivity contribution in [3.63, 3.8) is 0 Å². The standard InChI is InChI=1S/C16H19BrN4O2/c1-11-4-5-14(13(17)8-11)21-16-19-9-12(10-20-16)15(22)18-6-3-7-23-2/h4-5,8-10H,3,6-7H2,1-2H3,(H,18,22)(H,19,20,21). The fraction of sp³-hybridized carbons (Fsp3) is 0.312. The van der Waals surface area contributed by atoms with Gasteiger partial charge in [-0.15, -0.1) is 0 Å². The summed E-state index contributed by atoms with van der Waals surface area (Å²) in [5.41, 5.74) is 2.45. The molecule has 1 amide bonds. The van der Waals surface area contributed by atoms with Crippen molar-refractivity contribution < 1.29 is 9.53 Å². The number of rotatable bonds is 7. The van der Waals surface area contributed by atoms with E-state index in [2.05, 4.69) is 36.5 Å². The maximum Gasteiger partial charge on any atom is 0.254 e. The number of aryl methyl sites for hydroxylation is 1. The zero-order valence-electron chi connectivity index (χ0n) is 13.1. The van der Waals surface area contributed by atoms with Gasteiger partial charge >= 0.3 is 0 Å². The van der Waals surface area contributed by atoms with Gasteiger partial charge in [0.2, 0.25) is 5.95 Å². The molecule has 6 nitrogen and oxygen atoms in total. The van der Waals surface area contributed by atoms with E-state index in [1.54, 1.807) is 7.11 Å². The first-order valence-electron chi connectivity index (χ1n) is 7.22. The summed E-state index contributed by atoms with van der Waals surface area (Å²) in [6, 6.07) is 5.94. The van der Waals surface area contributed by atoms with Gasteiger partial charge in [0.1, 0.15) is 0 Å². The molecule has 1 aromatic carbocycles. The SMILES string of the molecule is COCCCNC(=O)c1cnc(Nc2ccc(C)cc2Br)nc1. The van der Waals surface area contributed by atoms with Crippen LogP contribution < -0.4 is 10.6 Å². The van der Waals surface area contributed by atoms with Crippen LogP contribution in [0, 0.1) is 6.92 Å². The summed E-state index contributed by atoms with van der Waals surface area (Å²) in [5, 5.41) is 5.90. The molecule has 0 unspecified atom stereocenters. The van der Waals surface area contributed by atoms with Crippen LogP contribution in [0.5, 0.6) is 0 Å². The molecule has 0 atom stereocenters. The molecule has 0 spiro atoms. The van der Waals surface area contributed by atoms with Crippen molar-refractivity contribution in [3.05, 3.63) is 46.2 Å². The summed E-state index contributed by atoms with van der Waals surface area (Å²) in [6.07, 6.45) is 3.77. The van der Waals surface area contributed by atoms with Gasteiger partial charge in [-0.25, -0.2) is 9.97 Å². The largest absolute Gasteiger partial charge is 0.385 e. The summed E-state index contributed by atoms with van der Waals surface area (Å²) in [7, 11) is 1.63. The van der Waals surface area contributed by atoms with E-state index >= 15 is 0 Å². The summed E-state index contributed by atoms with van der Waals surface area (Å²) >= 11 is 3.49. The number of methoxy groups -OCH3 is 1. The molecular formula is C16H19BrN4O2. The fourth-order valence-electron chi connectivity index (χ4n) is 1.87. The summed E-state index contributed by atoms with van der Waals surface area (Å²) in [6.45, 7) is 3.19. The Morgan fingerprint density at radius 3 is 2.70 bits per heavy atom. The van der Waals surface area contributed by atoms with Crippen molar-refractivity contribution in [3.8, 4) is 0 Å². The zero-order chi connectivity index (χ0) is 16.7. The molecule has 2 rings (SSSR count). The van der Waals surface area contributed by atoms with Crippen LogP contribution in [0.1, 0.15) is 22.3 Å². The number of nitrogens with zero attached hydrogens (tertiary/aromatic N) is 2. The van der Waals surface area contributed by atoms with Gasteiger partial charge < -0.3 is 15.4 Å². The van der Waals surface area contributed by atoms with Crippen molar-refractivity contribution in [2.75, 3.05) is 25.6 Å². The number of amides is 1. The second-order valence-electron chi connectivity index (χ2n) is 5.01. The Balaban J connectivity index is 1.95. The summed E-state index contributed by atoms with van der Waals surface area (Å²) in [4.78, 5) is 20.3. The number of carbonyl (C=O) groups excluding carboxylic acids is 1. The fourth-order valence-corrected chi connectivity index (χ4v) is 2.46. The van der Waals surface area contributed by atoms with Crippen molar-refractivity contribution in [1.82, 2.24) is 15.3 Å². The molecule has 122 valence electrons. The average Bonchev–Trinajstić information content (AvgIpc) is 2.55. The monoisotopic (exact) mass is 378 g/mol. The van der Waals surface area contributed by atoms with Crippen LogP contribution in [0.3, 0.4) is 0 Å². The van der Waals surface area contributed by atoms with E-state index < -0.39 is 0 Å². The predicted molar refractivity (Wildman–Crippen MR) is 93.0 cm³/mol. The minimum absolute atomic E-state index is 0.191. The molecular weight excluding hydrogens is 360 g/mol. The molecule has 2 N–H and O–H groups in total. The molecule has 0 saturated heterocycles. The van der Waals surface area contributed by atoms with Crippen molar-refractivity contribution in [2.24, 2.45) is 0 Å². The first-order valence-corrected chi connectivity index (χ1v) is 8.02. The van der Waals surface area contributed by atoms with Crippen molar-refractivity contribution in [1.29, 1.82) is 0 Å². The molecule has 0 radical (unpaired) electrons. The summed E-state index contributed by atoms with van der Waals surface area (Å²) < 4.78 is 5.86. The molecule has 7 heteroatoms. The van der Waals surface area contributed by atoms with Crippen LogP contribution in [-0.4, -0.2) is 36.1 Å². The highest BCUT2D eigenvalue weighted by Crippen LogP contribution is 2.25. The maximum atomic E-state index is 11.9. The minimum atomic E-state index is -0.191. The van der Waals surface area contributed by atoms with E-state index in [9.17, 15) is 4.79 Å². The highest BCUT2D eigenvalue weighted by Gasteiger charge is 2.07. The normalized spacial score (nSPS) is 10.4. The number of halogens is 1. The lowest BCUT2D eigenvalue weighted by atomic mass is 10.2. The number of anilines is 2. The highest BCUT2D eigenvalue weighted by atomic mass is 79.9. The van der Waals surface area contributed by atoms with Crippen LogP contribution in [0.15, 0.2) is 35.1 Å². The lowest BCUT2D eigenvalue weighted by molar-refractivity contribution is 0.0948. The maximum absolute atomic E-state index is 11.9. The molecule has 2 aromatic rings. The molecule has 1 aromatic heterocycles. The van der Waals surface area contributed by atoms with Crippen molar-refractivity contribution in [2.45, 2.75) is 13.3 Å². The Morgan fingerprint density at radius 1 is 1.30 bits per heavy atom. The van der Waals surface area contributed by atoms with Crippen LogP contribution in [0.25, 0.3) is 0 Å². The van der Waals surface area contributed by atoms with Gasteiger partial charge in [0.25, 0.3) is 5.91 Å². The van der Waals surface area contributed by atoms with Gasteiger partial charge in [0.05, 0.1) is 11.3 Å². The number of nitrogens with one attached hydrogen (secondary N) is 2. The number of hydrogen-bond acceptors (Lipinski definition) is 5. The van der Waals surface area contributed by atoms with Gasteiger partial charge in [-0.1, -0.05) is 6.07 Å². The van der Waals surface area contributed by atoms with Gasteiger partial charge in [-0.05, 0) is 47.0 Å². The molecule has 0 aliphatic rings. The second kappa shape index (κ2) is 8.59. The Labute approximate surface area is 143 Å². The van der Waals surface area contributed by atoms with Crippen molar-refractivity contribution >= 4 is 33.5 Å². The van der Waals surface area contributed by atoms with Gasteiger partial charge in [0, 0.05) is 37.1 Å². The topological polar surface area (TPSA) is 76.1 Å². The van der Waals surface area contributed by atoms with E-state index in [1.807, 2.05) is 25.1 Å². The molecule has 0 fully saturated rings. The van der Waals surface area contributed by atoms with Gasteiger partial charge in [-0.2, -0.15) is 0 Å². The number of benzene rings is 1. The quantitative estimate of drug-likeness (QED) is 0.724. The van der Waals surface area contributed by atoms with Crippen LogP contribution in [-0.2, 0) is 4.74 Å². The van der Waals surface area contributed by atoms with Gasteiger partial charge in [0.15, 0.2) is 0 Å². The van der Waals surface area contributed by atoms with E-state index in [-0.39, 0.29) is 5.91 Å². The minimum Gasteiger partial charge on any atom is -0.385 e. The smallest absolute Gasteiger partial charge is 0.254 e. The Kier molecular flexibility index (Phi) is 6.49. The lowest BCUT2D eigenvalue weighted by Crippen LogP contribution is -2.25. The van der Waals surface area contributed by atoms with E-state index in [0.29, 0.717) is 24.7 Å². The van der Waals surface area contributed by atoms with E-state index in [4.69, 9.17) is 4.74 Å². The lowest BCUT2D eigenvalue weighted by Gasteiger charge is -2.08. The summed E-state index contributed by atoms with van der Waals surface area (Å²) in [5.74, 6) is 0.245. The molecule has 0 bridgehead atoms. The molecule has 23 heavy (non-hydrogen) atoms. The zero-order valence-corrected chi connectivity index (χ0v) is 14.7. The van der Waals surface area contributed by atoms with Crippen LogP contribution in [0.2, 0.25) is 0 Å². The Bertz CT molecular complexity index is 662. The number of aromatic nitrogens is 2. The second-order valence-corrected chi connectivity index (χ2v) is 5.86. The molecule has 1 heterocycles. The predicted octanol–water partition coefficient (Wildman–Crippen LogP) is 3.06. The van der Waals surface area contributed by atoms with Crippen LogP contribution in [0.4, 0.5) is 11.6 Å². The number of hydrogen-bond donors (Lipinski definition) is 2. The third-order valence-electron chi connectivity index (χ3n) is 3.10. The van der Waals surface area contributed by atoms with Gasteiger partial charge in [-0.3, -0.25) is 4.79 Å². The third-order valence-corrected chi connectivity index (χ3v) is 3.75. The first-order chi connectivity index (χ1) is 11.1.